The molecule has 0 N–H and O–H groups in total. The topological polar surface area (TPSA) is 26.3 Å². The van der Waals surface area contributed by atoms with Gasteiger partial charge in [0.05, 0.1) is 12.5 Å². The minimum atomic E-state index is -0.279. The lowest BCUT2D eigenvalue weighted by Gasteiger charge is -2.26. The third-order valence-electron chi connectivity index (χ3n) is 3.40. The molecule has 0 aromatic heterocycles. The maximum absolute atomic E-state index is 11.8. The molecule has 2 nitrogen and oxygen atoms in total. The van der Waals surface area contributed by atoms with Crippen LogP contribution in [0.1, 0.15) is 65.2 Å². The average Bonchev–Trinajstić information content (AvgIpc) is 2.35. The van der Waals surface area contributed by atoms with Gasteiger partial charge < -0.3 is 4.74 Å². The molecule has 17 heavy (non-hydrogen) atoms. The molecule has 0 saturated heterocycles. The van der Waals surface area contributed by atoms with Crippen molar-refractivity contribution in [3.05, 3.63) is 12.7 Å². The summed E-state index contributed by atoms with van der Waals surface area (Å²) in [6.45, 7) is 7.91. The Kier molecular flexibility index (Phi) is 8.83. The van der Waals surface area contributed by atoms with Gasteiger partial charge in [0.1, 0.15) is 0 Å². The number of unbranched alkanes of at least 4 members (excludes halogenated alkanes) is 4. The maximum Gasteiger partial charge on any atom is 0.311 e. The molecule has 0 aliphatic carbocycles. The normalized spacial score (nSPS) is 14.1. The van der Waals surface area contributed by atoms with Gasteiger partial charge in [0.2, 0.25) is 0 Å². The number of carbonyl (C=O) groups excluding carboxylic acids is 1. The third kappa shape index (κ3) is 6.50. The number of methoxy groups -OCH3 is 1. The molecular formula is C15H28O2. The molecule has 0 heterocycles. The predicted octanol–water partition coefficient (Wildman–Crippen LogP) is 4.49. The van der Waals surface area contributed by atoms with Crippen molar-refractivity contribution in [3.8, 4) is 0 Å². The molecule has 0 spiro atoms. The molecule has 1 unspecified atom stereocenters. The van der Waals surface area contributed by atoms with E-state index >= 15 is 0 Å². The summed E-state index contributed by atoms with van der Waals surface area (Å²) in [6, 6.07) is 0. The molecule has 0 aromatic carbocycles. The molecule has 0 amide bonds. The highest BCUT2D eigenvalue weighted by Crippen LogP contribution is 2.32. The molecule has 2 heteroatoms. The second-order valence-corrected chi connectivity index (χ2v) is 5.04. The fourth-order valence-corrected chi connectivity index (χ4v) is 2.12. The highest BCUT2D eigenvalue weighted by Gasteiger charge is 2.32. The zero-order valence-electron chi connectivity index (χ0n) is 11.8. The van der Waals surface area contributed by atoms with Crippen LogP contribution in [-0.4, -0.2) is 13.1 Å². The summed E-state index contributed by atoms with van der Waals surface area (Å²) in [5.41, 5.74) is -0.279. The van der Waals surface area contributed by atoms with Crippen molar-refractivity contribution in [3.63, 3.8) is 0 Å². The molecule has 1 atom stereocenters. The number of allylic oxidation sites excluding steroid dienone is 1. The molecule has 100 valence electrons. The van der Waals surface area contributed by atoms with E-state index < -0.39 is 0 Å². The van der Waals surface area contributed by atoms with Crippen molar-refractivity contribution < 1.29 is 9.53 Å². The van der Waals surface area contributed by atoms with Crippen molar-refractivity contribution in [1.29, 1.82) is 0 Å². The molecule has 0 rings (SSSR count). The highest BCUT2D eigenvalue weighted by atomic mass is 16.5. The van der Waals surface area contributed by atoms with Gasteiger partial charge in [0.15, 0.2) is 0 Å². The first-order valence-electron chi connectivity index (χ1n) is 6.80. The van der Waals surface area contributed by atoms with Crippen molar-refractivity contribution in [2.75, 3.05) is 7.11 Å². The van der Waals surface area contributed by atoms with Crippen molar-refractivity contribution >= 4 is 5.97 Å². The molecule has 0 saturated carbocycles. The van der Waals surface area contributed by atoms with E-state index in [9.17, 15) is 4.79 Å². The summed E-state index contributed by atoms with van der Waals surface area (Å²) >= 11 is 0. The molecule has 0 aromatic rings. The van der Waals surface area contributed by atoms with E-state index in [4.69, 9.17) is 4.74 Å². The molecule has 0 radical (unpaired) electrons. The van der Waals surface area contributed by atoms with E-state index in [-0.39, 0.29) is 11.4 Å². The summed E-state index contributed by atoms with van der Waals surface area (Å²) in [5, 5.41) is 0. The average molecular weight is 240 g/mol. The van der Waals surface area contributed by atoms with Crippen molar-refractivity contribution in [2.45, 2.75) is 65.2 Å². The lowest BCUT2D eigenvalue weighted by molar-refractivity contribution is -0.152. The number of hydrogen-bond donors (Lipinski definition) is 0. The van der Waals surface area contributed by atoms with Crippen LogP contribution < -0.4 is 0 Å². The van der Waals surface area contributed by atoms with E-state index in [2.05, 4.69) is 13.5 Å². The Hall–Kier alpha value is -0.790. The number of rotatable bonds is 10. The fourth-order valence-electron chi connectivity index (χ4n) is 2.12. The first kappa shape index (κ1) is 16.2. The largest absolute Gasteiger partial charge is 0.469 e. The van der Waals surface area contributed by atoms with Crippen molar-refractivity contribution in [1.82, 2.24) is 0 Å². The summed E-state index contributed by atoms with van der Waals surface area (Å²) in [7, 11) is 1.49. The monoisotopic (exact) mass is 240 g/mol. The molecule has 0 aliphatic heterocycles. The van der Waals surface area contributed by atoms with E-state index in [1.54, 1.807) is 0 Å². The van der Waals surface area contributed by atoms with Gasteiger partial charge in [0.25, 0.3) is 0 Å². The summed E-state index contributed by atoms with van der Waals surface area (Å²) in [4.78, 5) is 11.8. The maximum atomic E-state index is 11.8. The Balaban J connectivity index is 4.09. The molecule has 0 aliphatic rings. The number of carbonyl (C=O) groups is 1. The van der Waals surface area contributed by atoms with Crippen LogP contribution in [0, 0.1) is 5.41 Å². The Morgan fingerprint density at radius 3 is 2.41 bits per heavy atom. The van der Waals surface area contributed by atoms with Crippen LogP contribution in [0.5, 0.6) is 0 Å². The third-order valence-corrected chi connectivity index (χ3v) is 3.40. The minimum absolute atomic E-state index is 0.0466. The number of ether oxygens (including phenoxy) is 1. The van der Waals surface area contributed by atoms with Crippen molar-refractivity contribution in [2.24, 2.45) is 5.41 Å². The van der Waals surface area contributed by atoms with Crippen LogP contribution >= 0.6 is 0 Å². The van der Waals surface area contributed by atoms with E-state index in [1.165, 1.54) is 20.0 Å². The Morgan fingerprint density at radius 2 is 1.88 bits per heavy atom. The first-order chi connectivity index (χ1) is 8.10. The van der Waals surface area contributed by atoms with Crippen LogP contribution in [0.15, 0.2) is 12.7 Å². The zero-order chi connectivity index (χ0) is 13.1. The van der Waals surface area contributed by atoms with Crippen LogP contribution in [-0.2, 0) is 9.53 Å². The van der Waals surface area contributed by atoms with Gasteiger partial charge in [-0.2, -0.15) is 0 Å². The first-order valence-corrected chi connectivity index (χ1v) is 6.80. The zero-order valence-corrected chi connectivity index (χ0v) is 11.8. The number of esters is 1. The quantitative estimate of drug-likeness (QED) is 0.319. The highest BCUT2D eigenvalue weighted by molar-refractivity contribution is 5.76. The van der Waals surface area contributed by atoms with Crippen LogP contribution in [0.2, 0.25) is 0 Å². The van der Waals surface area contributed by atoms with Gasteiger partial charge in [-0.05, 0) is 32.6 Å². The summed E-state index contributed by atoms with van der Waals surface area (Å²) in [6.07, 6.45) is 10.6. The van der Waals surface area contributed by atoms with Crippen LogP contribution in [0.25, 0.3) is 0 Å². The second-order valence-electron chi connectivity index (χ2n) is 5.04. The van der Waals surface area contributed by atoms with Gasteiger partial charge >= 0.3 is 5.97 Å². The van der Waals surface area contributed by atoms with Gasteiger partial charge in [-0.25, -0.2) is 0 Å². The van der Waals surface area contributed by atoms with Gasteiger partial charge in [-0.15, -0.1) is 6.58 Å². The van der Waals surface area contributed by atoms with Gasteiger partial charge in [0, 0.05) is 0 Å². The summed E-state index contributed by atoms with van der Waals surface area (Å²) < 4.78 is 4.94. The Labute approximate surface area is 106 Å². The van der Waals surface area contributed by atoms with E-state index in [1.807, 2.05) is 13.0 Å². The standard InChI is InChI=1S/C15H28O2/c1-5-7-9-10-11-13-15(3,12-8-6-2)14(16)17-4/h5H,1,6-13H2,2-4H3. The van der Waals surface area contributed by atoms with Gasteiger partial charge in [-0.3, -0.25) is 4.79 Å². The predicted molar refractivity (Wildman–Crippen MR) is 72.9 cm³/mol. The lowest BCUT2D eigenvalue weighted by Crippen LogP contribution is -2.29. The Morgan fingerprint density at radius 1 is 1.24 bits per heavy atom. The molecular weight excluding hydrogens is 212 g/mol. The summed E-state index contributed by atoms with van der Waals surface area (Å²) in [5.74, 6) is -0.0466. The van der Waals surface area contributed by atoms with Crippen LogP contribution in [0.3, 0.4) is 0 Å². The minimum Gasteiger partial charge on any atom is -0.469 e. The smallest absolute Gasteiger partial charge is 0.311 e. The fraction of sp³-hybridized carbons (Fsp3) is 0.800. The Bertz CT molecular complexity index is 223. The molecule has 0 fully saturated rings. The molecule has 0 bridgehead atoms. The van der Waals surface area contributed by atoms with Crippen LogP contribution in [0.4, 0.5) is 0 Å². The van der Waals surface area contributed by atoms with E-state index in [0.717, 1.165) is 38.5 Å². The lowest BCUT2D eigenvalue weighted by atomic mass is 9.80. The number of hydrogen-bond acceptors (Lipinski definition) is 2. The second kappa shape index (κ2) is 9.26. The van der Waals surface area contributed by atoms with E-state index in [0.29, 0.717) is 0 Å². The SMILES string of the molecule is C=CCCCCCC(C)(CCCC)C(=O)OC. The van der Waals surface area contributed by atoms with Gasteiger partial charge in [-0.1, -0.05) is 38.7 Å².